The second kappa shape index (κ2) is 4.70. The van der Waals surface area contributed by atoms with Crippen LogP contribution >= 0.6 is 11.6 Å². The molecule has 0 amide bonds. The molecule has 0 fully saturated rings. The Kier molecular flexibility index (Phi) is 3.37. The summed E-state index contributed by atoms with van der Waals surface area (Å²) < 4.78 is 5.57. The maximum absolute atomic E-state index is 11.1. The first kappa shape index (κ1) is 13.6. The van der Waals surface area contributed by atoms with Crippen molar-refractivity contribution in [3.63, 3.8) is 0 Å². The summed E-state index contributed by atoms with van der Waals surface area (Å²) in [5.74, 6) is -0.626. The summed E-state index contributed by atoms with van der Waals surface area (Å²) >= 11 is 6.10. The van der Waals surface area contributed by atoms with Crippen LogP contribution in [-0.4, -0.2) is 21.7 Å². The SMILES string of the molecule is Cc1ccc2c(Cl)ccc(OC(C)(C)C(=O)O)c2n1. The van der Waals surface area contributed by atoms with Crippen LogP contribution < -0.4 is 4.74 Å². The van der Waals surface area contributed by atoms with E-state index in [1.165, 1.54) is 13.8 Å². The van der Waals surface area contributed by atoms with E-state index >= 15 is 0 Å². The zero-order valence-electron chi connectivity index (χ0n) is 10.9. The van der Waals surface area contributed by atoms with Gasteiger partial charge in [-0.2, -0.15) is 0 Å². The van der Waals surface area contributed by atoms with Crippen LogP contribution in [0.5, 0.6) is 5.75 Å². The van der Waals surface area contributed by atoms with Crippen LogP contribution in [0.4, 0.5) is 0 Å². The number of aryl methyl sites for hydroxylation is 1. The van der Waals surface area contributed by atoms with Crippen molar-refractivity contribution in [2.45, 2.75) is 26.4 Å². The Labute approximate surface area is 116 Å². The fraction of sp³-hybridized carbons (Fsp3) is 0.286. The van der Waals surface area contributed by atoms with Crippen LogP contribution in [0.25, 0.3) is 10.9 Å². The molecule has 0 spiro atoms. The number of carbonyl (C=O) groups is 1. The van der Waals surface area contributed by atoms with Gasteiger partial charge in [0.25, 0.3) is 0 Å². The number of carboxylic acids is 1. The number of halogens is 1. The van der Waals surface area contributed by atoms with Crippen LogP contribution in [-0.2, 0) is 4.79 Å². The molecular weight excluding hydrogens is 266 g/mol. The first-order valence-corrected chi connectivity index (χ1v) is 6.17. The van der Waals surface area contributed by atoms with Gasteiger partial charge < -0.3 is 9.84 Å². The fourth-order valence-corrected chi connectivity index (χ4v) is 1.87. The van der Waals surface area contributed by atoms with Crippen LogP contribution in [0.15, 0.2) is 24.3 Å². The number of aliphatic carboxylic acids is 1. The zero-order valence-corrected chi connectivity index (χ0v) is 11.7. The molecule has 0 bridgehead atoms. The third kappa shape index (κ3) is 2.63. The molecule has 0 unspecified atom stereocenters. The number of pyridine rings is 1. The van der Waals surface area contributed by atoms with E-state index in [0.29, 0.717) is 16.3 Å². The number of benzene rings is 1. The minimum atomic E-state index is -1.33. The Morgan fingerprint density at radius 1 is 1.32 bits per heavy atom. The molecule has 0 aliphatic rings. The molecule has 0 radical (unpaired) electrons. The Hall–Kier alpha value is -1.81. The number of nitrogens with zero attached hydrogens (tertiary/aromatic N) is 1. The second-order valence-corrected chi connectivity index (χ2v) is 5.22. The summed E-state index contributed by atoms with van der Waals surface area (Å²) in [5, 5.41) is 10.4. The monoisotopic (exact) mass is 279 g/mol. The molecular formula is C14H14ClNO3. The van der Waals surface area contributed by atoms with E-state index in [9.17, 15) is 4.79 Å². The highest BCUT2D eigenvalue weighted by atomic mass is 35.5. The van der Waals surface area contributed by atoms with Gasteiger partial charge in [-0.3, -0.25) is 0 Å². The predicted molar refractivity (Wildman–Crippen MR) is 73.8 cm³/mol. The van der Waals surface area contributed by atoms with Gasteiger partial charge in [0.15, 0.2) is 5.60 Å². The van der Waals surface area contributed by atoms with Crippen LogP contribution in [0.1, 0.15) is 19.5 Å². The molecule has 5 heteroatoms. The summed E-state index contributed by atoms with van der Waals surface area (Å²) in [6.07, 6.45) is 0. The van der Waals surface area contributed by atoms with Crippen molar-refractivity contribution >= 4 is 28.5 Å². The summed E-state index contributed by atoms with van der Waals surface area (Å²) in [4.78, 5) is 15.5. The molecule has 1 heterocycles. The van der Waals surface area contributed by atoms with Gasteiger partial charge in [-0.15, -0.1) is 0 Å². The van der Waals surface area contributed by atoms with Crippen molar-refractivity contribution in [3.05, 3.63) is 35.0 Å². The zero-order chi connectivity index (χ0) is 14.2. The largest absolute Gasteiger partial charge is 0.478 e. The lowest BCUT2D eigenvalue weighted by Crippen LogP contribution is -2.37. The summed E-state index contributed by atoms with van der Waals surface area (Å²) in [6, 6.07) is 7.01. The number of carboxylic acid groups (broad SMARTS) is 1. The minimum absolute atomic E-state index is 0.413. The topological polar surface area (TPSA) is 59.4 Å². The number of hydrogen-bond donors (Lipinski definition) is 1. The number of fused-ring (bicyclic) bond motifs is 1. The molecule has 2 rings (SSSR count). The number of ether oxygens (including phenoxy) is 1. The first-order chi connectivity index (χ1) is 8.81. The highest BCUT2D eigenvalue weighted by Crippen LogP contribution is 2.32. The lowest BCUT2D eigenvalue weighted by molar-refractivity contribution is -0.152. The molecule has 100 valence electrons. The van der Waals surface area contributed by atoms with Crippen molar-refractivity contribution in [1.82, 2.24) is 4.98 Å². The van der Waals surface area contributed by atoms with E-state index in [1.54, 1.807) is 12.1 Å². The lowest BCUT2D eigenvalue weighted by Gasteiger charge is -2.22. The number of rotatable bonds is 3. The first-order valence-electron chi connectivity index (χ1n) is 5.79. The van der Waals surface area contributed by atoms with Crippen LogP contribution in [0, 0.1) is 6.92 Å². The van der Waals surface area contributed by atoms with Gasteiger partial charge in [0, 0.05) is 11.1 Å². The molecule has 1 aromatic heterocycles. The van der Waals surface area contributed by atoms with E-state index in [2.05, 4.69) is 4.98 Å². The van der Waals surface area contributed by atoms with Gasteiger partial charge in [-0.05, 0) is 45.0 Å². The molecule has 19 heavy (non-hydrogen) atoms. The van der Waals surface area contributed by atoms with Gasteiger partial charge in [0.1, 0.15) is 11.3 Å². The van der Waals surface area contributed by atoms with Crippen molar-refractivity contribution in [1.29, 1.82) is 0 Å². The Balaban J connectivity index is 2.58. The van der Waals surface area contributed by atoms with E-state index in [4.69, 9.17) is 21.4 Å². The van der Waals surface area contributed by atoms with E-state index < -0.39 is 11.6 Å². The van der Waals surface area contributed by atoms with E-state index in [0.717, 1.165) is 11.1 Å². The van der Waals surface area contributed by atoms with Crippen molar-refractivity contribution in [2.24, 2.45) is 0 Å². The number of aromatic nitrogens is 1. The van der Waals surface area contributed by atoms with Crippen molar-refractivity contribution in [2.75, 3.05) is 0 Å². The maximum atomic E-state index is 11.1. The van der Waals surface area contributed by atoms with Gasteiger partial charge in [-0.1, -0.05) is 11.6 Å². The van der Waals surface area contributed by atoms with Gasteiger partial charge in [0.2, 0.25) is 0 Å². The Morgan fingerprint density at radius 2 is 2.00 bits per heavy atom. The molecule has 1 aromatic carbocycles. The molecule has 0 aliphatic carbocycles. The third-order valence-corrected chi connectivity index (χ3v) is 3.12. The molecule has 4 nitrogen and oxygen atoms in total. The van der Waals surface area contributed by atoms with Gasteiger partial charge >= 0.3 is 5.97 Å². The van der Waals surface area contributed by atoms with E-state index in [-0.39, 0.29) is 0 Å². The van der Waals surface area contributed by atoms with Gasteiger partial charge in [-0.25, -0.2) is 9.78 Å². The molecule has 0 aliphatic heterocycles. The van der Waals surface area contributed by atoms with Crippen LogP contribution in [0.2, 0.25) is 5.02 Å². The maximum Gasteiger partial charge on any atom is 0.347 e. The second-order valence-electron chi connectivity index (χ2n) is 4.81. The van der Waals surface area contributed by atoms with Crippen molar-refractivity contribution < 1.29 is 14.6 Å². The molecule has 1 N–H and O–H groups in total. The molecule has 0 atom stereocenters. The summed E-state index contributed by atoms with van der Waals surface area (Å²) in [6.45, 7) is 4.84. The Bertz CT molecular complexity index is 652. The summed E-state index contributed by atoms with van der Waals surface area (Å²) in [7, 11) is 0. The van der Waals surface area contributed by atoms with Crippen molar-refractivity contribution in [3.8, 4) is 5.75 Å². The normalized spacial score (nSPS) is 11.6. The highest BCUT2D eigenvalue weighted by molar-refractivity contribution is 6.35. The average Bonchev–Trinajstić information content (AvgIpc) is 2.32. The summed E-state index contributed by atoms with van der Waals surface area (Å²) in [5.41, 5.74) is 0.0567. The third-order valence-electron chi connectivity index (χ3n) is 2.79. The fourth-order valence-electron chi connectivity index (χ4n) is 1.66. The predicted octanol–water partition coefficient (Wildman–Crippen LogP) is 3.44. The lowest BCUT2D eigenvalue weighted by atomic mass is 10.1. The number of hydrogen-bond acceptors (Lipinski definition) is 3. The van der Waals surface area contributed by atoms with Gasteiger partial charge in [0.05, 0.1) is 5.02 Å². The molecule has 0 saturated carbocycles. The minimum Gasteiger partial charge on any atom is -0.478 e. The van der Waals surface area contributed by atoms with E-state index in [1.807, 2.05) is 19.1 Å². The smallest absolute Gasteiger partial charge is 0.347 e. The standard InChI is InChI=1S/C14H14ClNO3/c1-8-4-5-9-10(15)6-7-11(12(9)16-8)19-14(2,3)13(17)18/h4-7H,1-3H3,(H,17,18). The quantitative estimate of drug-likeness (QED) is 0.935. The van der Waals surface area contributed by atoms with Crippen LogP contribution in [0.3, 0.4) is 0 Å². The molecule has 2 aromatic rings. The highest BCUT2D eigenvalue weighted by Gasteiger charge is 2.30. The molecule has 0 saturated heterocycles. The Morgan fingerprint density at radius 3 is 2.63 bits per heavy atom. The average molecular weight is 280 g/mol.